The Morgan fingerprint density at radius 2 is 1.86 bits per heavy atom. The summed E-state index contributed by atoms with van der Waals surface area (Å²) in [5, 5.41) is 0. The van der Waals surface area contributed by atoms with E-state index >= 15 is 0 Å². The number of halogens is 1. The zero-order valence-corrected chi connectivity index (χ0v) is 17.1. The standard InChI is InChI=1S/C21H33I/c1-5-6-13-20(17-22)19-14-10-12-18(16-19)11-8-7-9-15-21(2,3)4/h10,12,14,16-17H,5-9,11,13,15H2,1-4H3/b20-17+. The lowest BCUT2D eigenvalue weighted by atomic mass is 9.89. The Bertz CT molecular complexity index is 451. The van der Waals surface area contributed by atoms with Gasteiger partial charge in [-0.15, -0.1) is 0 Å². The second kappa shape index (κ2) is 10.5. The van der Waals surface area contributed by atoms with Crippen molar-refractivity contribution in [1.29, 1.82) is 0 Å². The van der Waals surface area contributed by atoms with Crippen LogP contribution in [0.15, 0.2) is 28.3 Å². The highest BCUT2D eigenvalue weighted by Gasteiger charge is 2.09. The fraction of sp³-hybridized carbons (Fsp3) is 0.619. The van der Waals surface area contributed by atoms with Gasteiger partial charge in [-0.25, -0.2) is 0 Å². The van der Waals surface area contributed by atoms with E-state index in [2.05, 4.69) is 78.6 Å². The third-order valence-corrected chi connectivity index (χ3v) is 4.87. The topological polar surface area (TPSA) is 0 Å². The molecule has 0 saturated heterocycles. The minimum absolute atomic E-state index is 0.485. The summed E-state index contributed by atoms with van der Waals surface area (Å²) in [5.74, 6) is 0. The molecule has 0 aliphatic heterocycles. The quantitative estimate of drug-likeness (QED) is 0.287. The molecule has 0 N–H and O–H groups in total. The van der Waals surface area contributed by atoms with Crippen LogP contribution in [-0.4, -0.2) is 0 Å². The number of rotatable bonds is 9. The van der Waals surface area contributed by atoms with Crippen LogP contribution in [0.5, 0.6) is 0 Å². The molecule has 1 heteroatoms. The van der Waals surface area contributed by atoms with Crippen LogP contribution >= 0.6 is 22.6 Å². The summed E-state index contributed by atoms with van der Waals surface area (Å²) in [6.45, 7) is 9.28. The molecular weight excluding hydrogens is 379 g/mol. The molecule has 0 fully saturated rings. The van der Waals surface area contributed by atoms with Crippen molar-refractivity contribution in [3.05, 3.63) is 39.5 Å². The minimum Gasteiger partial charge on any atom is -0.0654 e. The molecule has 0 radical (unpaired) electrons. The number of unbranched alkanes of at least 4 members (excludes halogenated alkanes) is 3. The molecule has 0 heterocycles. The molecule has 0 aromatic heterocycles. The summed E-state index contributed by atoms with van der Waals surface area (Å²) in [4.78, 5) is 0. The van der Waals surface area contributed by atoms with Crippen molar-refractivity contribution >= 4 is 28.2 Å². The Labute approximate surface area is 151 Å². The molecule has 0 nitrogen and oxygen atoms in total. The predicted octanol–water partition coefficient (Wildman–Crippen LogP) is 7.80. The van der Waals surface area contributed by atoms with Gasteiger partial charge in [0.2, 0.25) is 0 Å². The van der Waals surface area contributed by atoms with Crippen molar-refractivity contribution < 1.29 is 0 Å². The maximum atomic E-state index is 2.41. The van der Waals surface area contributed by atoms with E-state index in [1.54, 1.807) is 0 Å². The first kappa shape index (κ1) is 19.7. The minimum atomic E-state index is 0.485. The number of benzene rings is 1. The number of hydrogen-bond acceptors (Lipinski definition) is 0. The average Bonchev–Trinajstić information content (AvgIpc) is 2.47. The zero-order chi connectivity index (χ0) is 16.4. The van der Waals surface area contributed by atoms with Crippen LogP contribution in [0.2, 0.25) is 0 Å². The van der Waals surface area contributed by atoms with Crippen LogP contribution in [0.1, 0.15) is 83.8 Å². The molecule has 1 rings (SSSR count). The van der Waals surface area contributed by atoms with Gasteiger partial charge in [-0.1, -0.05) is 93.8 Å². The monoisotopic (exact) mass is 412 g/mol. The average molecular weight is 412 g/mol. The smallest absolute Gasteiger partial charge is 0.0196 e. The van der Waals surface area contributed by atoms with Gasteiger partial charge in [-0.2, -0.15) is 0 Å². The largest absolute Gasteiger partial charge is 0.0654 e. The molecule has 124 valence electrons. The third-order valence-electron chi connectivity index (χ3n) is 4.12. The van der Waals surface area contributed by atoms with Gasteiger partial charge in [0.05, 0.1) is 0 Å². The summed E-state index contributed by atoms with van der Waals surface area (Å²) in [6, 6.07) is 9.19. The predicted molar refractivity (Wildman–Crippen MR) is 110 cm³/mol. The van der Waals surface area contributed by atoms with E-state index in [1.807, 2.05) is 0 Å². The highest BCUT2D eigenvalue weighted by molar-refractivity contribution is 14.1. The van der Waals surface area contributed by atoms with E-state index in [0.717, 1.165) is 0 Å². The molecule has 0 spiro atoms. The molecule has 0 unspecified atom stereocenters. The lowest BCUT2D eigenvalue weighted by Gasteiger charge is -2.17. The van der Waals surface area contributed by atoms with Crippen LogP contribution in [-0.2, 0) is 6.42 Å². The first-order valence-electron chi connectivity index (χ1n) is 8.85. The van der Waals surface area contributed by atoms with Gasteiger partial charge < -0.3 is 0 Å². The molecule has 22 heavy (non-hydrogen) atoms. The highest BCUT2D eigenvalue weighted by atomic mass is 127. The molecule has 0 amide bonds. The normalized spacial score (nSPS) is 12.7. The van der Waals surface area contributed by atoms with Crippen molar-refractivity contribution in [3.63, 3.8) is 0 Å². The van der Waals surface area contributed by atoms with Gasteiger partial charge in [-0.05, 0) is 58.3 Å². The Kier molecular flexibility index (Phi) is 9.39. The molecule has 0 aliphatic carbocycles. The second-order valence-corrected chi connectivity index (χ2v) is 8.18. The van der Waals surface area contributed by atoms with Crippen LogP contribution in [0.3, 0.4) is 0 Å². The summed E-state index contributed by atoms with van der Waals surface area (Å²) in [7, 11) is 0. The molecular formula is C21H33I. The lowest BCUT2D eigenvalue weighted by molar-refractivity contribution is 0.358. The number of allylic oxidation sites excluding steroid dienone is 1. The van der Waals surface area contributed by atoms with Crippen molar-refractivity contribution in [2.75, 3.05) is 0 Å². The summed E-state index contributed by atoms with van der Waals surface area (Å²) >= 11 is 2.39. The Morgan fingerprint density at radius 1 is 1.09 bits per heavy atom. The van der Waals surface area contributed by atoms with Gasteiger partial charge in [0.1, 0.15) is 0 Å². The van der Waals surface area contributed by atoms with Gasteiger partial charge in [-0.3, -0.25) is 0 Å². The molecule has 0 aliphatic rings. The Balaban J connectivity index is 2.47. The van der Waals surface area contributed by atoms with Gasteiger partial charge in [0.25, 0.3) is 0 Å². The fourth-order valence-electron chi connectivity index (χ4n) is 2.72. The molecule has 1 aromatic rings. The first-order valence-corrected chi connectivity index (χ1v) is 10.1. The maximum Gasteiger partial charge on any atom is -0.0196 e. The summed E-state index contributed by atoms with van der Waals surface area (Å²) < 4.78 is 2.26. The zero-order valence-electron chi connectivity index (χ0n) is 14.9. The second-order valence-electron chi connectivity index (χ2n) is 7.56. The fourth-order valence-corrected chi connectivity index (χ4v) is 3.39. The van der Waals surface area contributed by atoms with E-state index in [-0.39, 0.29) is 0 Å². The Hall–Kier alpha value is -0.310. The van der Waals surface area contributed by atoms with Gasteiger partial charge in [0.15, 0.2) is 0 Å². The van der Waals surface area contributed by atoms with E-state index in [9.17, 15) is 0 Å². The summed E-state index contributed by atoms with van der Waals surface area (Å²) in [5.41, 5.74) is 4.91. The molecule has 0 saturated carbocycles. The van der Waals surface area contributed by atoms with E-state index in [4.69, 9.17) is 0 Å². The Morgan fingerprint density at radius 3 is 2.50 bits per heavy atom. The van der Waals surface area contributed by atoms with Crippen LogP contribution < -0.4 is 0 Å². The number of hydrogen-bond donors (Lipinski definition) is 0. The lowest BCUT2D eigenvalue weighted by Crippen LogP contribution is -2.04. The van der Waals surface area contributed by atoms with E-state index < -0.39 is 0 Å². The first-order chi connectivity index (χ1) is 10.5. The summed E-state index contributed by atoms with van der Waals surface area (Å²) in [6.07, 6.45) is 10.3. The van der Waals surface area contributed by atoms with E-state index in [0.29, 0.717) is 5.41 Å². The molecule has 0 atom stereocenters. The highest BCUT2D eigenvalue weighted by Crippen LogP contribution is 2.25. The van der Waals surface area contributed by atoms with Gasteiger partial charge >= 0.3 is 0 Å². The van der Waals surface area contributed by atoms with Crippen molar-refractivity contribution in [3.8, 4) is 0 Å². The van der Waals surface area contributed by atoms with Crippen LogP contribution in [0, 0.1) is 5.41 Å². The van der Waals surface area contributed by atoms with Crippen molar-refractivity contribution in [2.24, 2.45) is 5.41 Å². The third kappa shape index (κ3) is 8.36. The SMILES string of the molecule is CCCC/C(=C\I)c1cccc(CCCCCC(C)(C)C)c1. The number of aryl methyl sites for hydroxylation is 1. The van der Waals surface area contributed by atoms with Crippen molar-refractivity contribution in [2.45, 2.75) is 79.1 Å². The van der Waals surface area contributed by atoms with Gasteiger partial charge in [0, 0.05) is 0 Å². The molecule has 1 aromatic carbocycles. The van der Waals surface area contributed by atoms with Crippen LogP contribution in [0.4, 0.5) is 0 Å². The molecule has 0 bridgehead atoms. The van der Waals surface area contributed by atoms with E-state index in [1.165, 1.54) is 68.1 Å². The van der Waals surface area contributed by atoms with Crippen molar-refractivity contribution in [1.82, 2.24) is 0 Å². The van der Waals surface area contributed by atoms with Crippen LogP contribution in [0.25, 0.3) is 5.57 Å². The maximum absolute atomic E-state index is 2.41.